The summed E-state index contributed by atoms with van der Waals surface area (Å²) in [5.41, 5.74) is 3.21. The maximum Gasteiger partial charge on any atom is 0.235 e. The summed E-state index contributed by atoms with van der Waals surface area (Å²) in [4.78, 5) is 46.9. The van der Waals surface area contributed by atoms with Gasteiger partial charge >= 0.3 is 0 Å². The van der Waals surface area contributed by atoms with Gasteiger partial charge in [-0.25, -0.2) is 4.39 Å². The predicted molar refractivity (Wildman–Crippen MR) is 170 cm³/mol. The van der Waals surface area contributed by atoms with Crippen LogP contribution in [0.1, 0.15) is 93.1 Å². The Bertz CT molecular complexity index is 1900. The summed E-state index contributed by atoms with van der Waals surface area (Å²) in [6.07, 6.45) is 2.75. The first-order chi connectivity index (χ1) is 22.4. The fourth-order valence-electron chi connectivity index (χ4n) is 6.43. The van der Waals surface area contributed by atoms with Crippen molar-refractivity contribution in [2.24, 2.45) is 7.05 Å². The van der Waals surface area contributed by atoms with Crippen LogP contribution < -0.4 is 20.1 Å². The lowest BCUT2D eigenvalue weighted by molar-refractivity contribution is -0.135. The van der Waals surface area contributed by atoms with Gasteiger partial charge in [-0.05, 0) is 43.7 Å². The number of halogens is 1. The molecule has 4 amide bonds. The summed E-state index contributed by atoms with van der Waals surface area (Å²) in [6.45, 7) is 5.77. The average molecular weight is 651 g/mol. The lowest BCUT2D eigenvalue weighted by atomic mass is 9.90. The quantitative estimate of drug-likeness (QED) is 0.214. The molecule has 2 saturated heterocycles. The Labute approximate surface area is 270 Å². The number of aromatic hydroxyl groups is 1. The summed E-state index contributed by atoms with van der Waals surface area (Å²) in [7, 11) is 5.06. The van der Waals surface area contributed by atoms with Crippen molar-refractivity contribution in [3.8, 4) is 17.2 Å². The largest absolute Gasteiger partial charge is 0.508 e. The van der Waals surface area contributed by atoms with E-state index in [1.165, 1.54) is 6.07 Å². The average Bonchev–Trinajstić information content (AvgIpc) is 3.60. The van der Waals surface area contributed by atoms with E-state index < -0.39 is 23.6 Å². The van der Waals surface area contributed by atoms with E-state index in [9.17, 15) is 28.7 Å². The summed E-state index contributed by atoms with van der Waals surface area (Å²) >= 11 is 0. The minimum atomic E-state index is -0.606. The first-order valence-electron chi connectivity index (χ1n) is 15.6. The van der Waals surface area contributed by atoms with Crippen LogP contribution in [0, 0.1) is 5.82 Å². The number of H-pyrrole nitrogens is 1. The second kappa shape index (κ2) is 13.4. The van der Waals surface area contributed by atoms with Gasteiger partial charge in [-0.15, -0.1) is 0 Å². The molecule has 6 rings (SSSR count). The molecular weight excluding hydrogens is 611 g/mol. The number of carbonyl (C=O) groups excluding carboxylic acids is 4. The number of hydrogen-bond donors (Lipinski definition) is 4. The van der Waals surface area contributed by atoms with E-state index in [-0.39, 0.29) is 46.9 Å². The monoisotopic (exact) mass is 650 g/mol. The van der Waals surface area contributed by atoms with Gasteiger partial charge in [0, 0.05) is 41.8 Å². The standard InChI is InChI=1S/C17H21N3O4.C16H18FN3O3/c1-5-9-12(23-3)8-11-14(10-6-7-13(21)18-17(10)22)19-20(2)15(11)16(9)24-4;1-3-7(2)12-10(21)6-9-14(19-20-15(9)13(12)17)8-4-5-11(22)18-16(8)23/h8,10H,5-7H2,1-4H3,(H,18,21,22);6-8,21H,3-5H2,1-2H3,(H,19,20)(H,18,22,23). The van der Waals surface area contributed by atoms with Crippen molar-refractivity contribution < 1.29 is 38.1 Å². The van der Waals surface area contributed by atoms with Gasteiger partial charge in [-0.1, -0.05) is 20.8 Å². The molecule has 2 aliphatic rings. The number of rotatable bonds is 7. The Morgan fingerprint density at radius 1 is 1.00 bits per heavy atom. The zero-order chi connectivity index (χ0) is 34.2. The molecule has 4 heterocycles. The van der Waals surface area contributed by atoms with Crippen molar-refractivity contribution in [2.45, 2.75) is 77.0 Å². The number of nitrogens with one attached hydrogen (secondary N) is 3. The van der Waals surface area contributed by atoms with Crippen LogP contribution in [-0.4, -0.2) is 62.9 Å². The van der Waals surface area contributed by atoms with E-state index in [1.807, 2.05) is 33.9 Å². The fourth-order valence-corrected chi connectivity index (χ4v) is 6.43. The molecule has 2 aromatic carbocycles. The Balaban J connectivity index is 0.000000185. The highest BCUT2D eigenvalue weighted by Gasteiger charge is 2.34. The Kier molecular flexibility index (Phi) is 9.50. The molecule has 14 heteroatoms. The molecule has 4 N–H and O–H groups in total. The summed E-state index contributed by atoms with van der Waals surface area (Å²) in [6, 6.07) is 3.35. The molecule has 4 aromatic rings. The number of benzene rings is 2. The minimum absolute atomic E-state index is 0.109. The number of nitrogens with zero attached hydrogens (tertiary/aromatic N) is 3. The number of phenols is 1. The van der Waals surface area contributed by atoms with Crippen LogP contribution in [-0.2, 0) is 32.6 Å². The molecule has 0 bridgehead atoms. The molecule has 3 atom stereocenters. The SMILES string of the molecule is CCC(C)c1c(O)cc2c(C3CCC(=O)NC3=O)[nH]nc2c1F.CCc1c(OC)cc2c(C3CCC(=O)NC3=O)nn(C)c2c1OC. The summed E-state index contributed by atoms with van der Waals surface area (Å²) in [5.74, 6) is -1.77. The number of methoxy groups -OCH3 is 2. The van der Waals surface area contributed by atoms with E-state index in [2.05, 4.69) is 25.9 Å². The smallest absolute Gasteiger partial charge is 0.235 e. The summed E-state index contributed by atoms with van der Waals surface area (Å²) in [5, 5.41) is 27.3. The number of aryl methyl sites for hydroxylation is 1. The first kappa shape index (κ1) is 33.4. The number of ether oxygens (including phenoxy) is 2. The van der Waals surface area contributed by atoms with Crippen molar-refractivity contribution in [2.75, 3.05) is 14.2 Å². The molecule has 250 valence electrons. The highest BCUT2D eigenvalue weighted by molar-refractivity contribution is 6.04. The molecule has 2 fully saturated rings. The van der Waals surface area contributed by atoms with Crippen molar-refractivity contribution in [3.05, 3.63) is 40.5 Å². The van der Waals surface area contributed by atoms with Gasteiger partial charge in [0.05, 0.1) is 37.4 Å². The number of aromatic nitrogens is 4. The van der Waals surface area contributed by atoms with Gasteiger partial charge in [0.25, 0.3) is 0 Å². The molecule has 0 radical (unpaired) electrons. The second-order valence-corrected chi connectivity index (χ2v) is 11.8. The van der Waals surface area contributed by atoms with Crippen LogP contribution in [0.2, 0.25) is 0 Å². The predicted octanol–water partition coefficient (Wildman–Crippen LogP) is 4.11. The fraction of sp³-hybridized carbons (Fsp3) is 0.455. The van der Waals surface area contributed by atoms with E-state index in [1.54, 1.807) is 18.9 Å². The third-order valence-corrected chi connectivity index (χ3v) is 9.05. The topological polar surface area (TPSA) is 178 Å². The molecule has 0 saturated carbocycles. The summed E-state index contributed by atoms with van der Waals surface area (Å²) < 4.78 is 27.6. The third-order valence-electron chi connectivity index (χ3n) is 9.05. The van der Waals surface area contributed by atoms with Gasteiger partial charge in [-0.2, -0.15) is 10.2 Å². The normalized spacial score (nSPS) is 18.9. The van der Waals surface area contributed by atoms with Crippen LogP contribution in [0.25, 0.3) is 21.8 Å². The van der Waals surface area contributed by atoms with Crippen molar-refractivity contribution in [1.29, 1.82) is 0 Å². The van der Waals surface area contributed by atoms with Gasteiger partial charge in [0.2, 0.25) is 23.6 Å². The van der Waals surface area contributed by atoms with Crippen LogP contribution in [0.5, 0.6) is 17.2 Å². The molecule has 0 aliphatic carbocycles. The maximum atomic E-state index is 14.7. The van der Waals surface area contributed by atoms with Crippen LogP contribution in [0.15, 0.2) is 12.1 Å². The van der Waals surface area contributed by atoms with E-state index in [0.29, 0.717) is 54.0 Å². The molecule has 3 unspecified atom stereocenters. The third kappa shape index (κ3) is 5.99. The van der Waals surface area contributed by atoms with Crippen molar-refractivity contribution in [3.63, 3.8) is 0 Å². The van der Waals surface area contributed by atoms with Crippen LogP contribution in [0.4, 0.5) is 4.39 Å². The van der Waals surface area contributed by atoms with E-state index in [4.69, 9.17) is 9.47 Å². The lowest BCUT2D eigenvalue weighted by Gasteiger charge is -2.20. The van der Waals surface area contributed by atoms with Gasteiger partial charge in [0.1, 0.15) is 22.5 Å². The number of amides is 4. The molecular formula is C33H39FN6O7. The van der Waals surface area contributed by atoms with Crippen molar-refractivity contribution >= 4 is 45.4 Å². The molecule has 2 aromatic heterocycles. The number of piperidine rings is 2. The van der Waals surface area contributed by atoms with Crippen LogP contribution >= 0.6 is 0 Å². The van der Waals surface area contributed by atoms with E-state index in [0.717, 1.165) is 22.9 Å². The highest BCUT2D eigenvalue weighted by atomic mass is 19.1. The van der Waals surface area contributed by atoms with Crippen molar-refractivity contribution in [1.82, 2.24) is 30.6 Å². The first-order valence-corrected chi connectivity index (χ1v) is 15.6. The minimum Gasteiger partial charge on any atom is -0.508 e. The number of aromatic amines is 1. The zero-order valence-electron chi connectivity index (χ0n) is 27.2. The second-order valence-electron chi connectivity index (χ2n) is 11.8. The molecule has 47 heavy (non-hydrogen) atoms. The van der Waals surface area contributed by atoms with Gasteiger partial charge < -0.3 is 14.6 Å². The molecule has 2 aliphatic heterocycles. The molecule has 13 nitrogen and oxygen atoms in total. The Morgan fingerprint density at radius 2 is 1.64 bits per heavy atom. The number of imide groups is 2. The maximum absolute atomic E-state index is 14.7. The van der Waals surface area contributed by atoms with Gasteiger partial charge in [-0.3, -0.25) is 39.6 Å². The lowest BCUT2D eigenvalue weighted by Crippen LogP contribution is -2.39. The highest BCUT2D eigenvalue weighted by Crippen LogP contribution is 2.41. The number of phenolic OH excluding ortho intramolecular Hbond substituents is 1. The number of hydrogen-bond acceptors (Lipinski definition) is 9. The Morgan fingerprint density at radius 3 is 2.19 bits per heavy atom. The molecule has 0 spiro atoms. The number of carbonyl (C=O) groups is 4. The zero-order valence-corrected chi connectivity index (χ0v) is 27.2. The van der Waals surface area contributed by atoms with Gasteiger partial charge in [0.15, 0.2) is 11.6 Å². The Hall–Kier alpha value is -5.01. The number of fused-ring (bicyclic) bond motifs is 2. The van der Waals surface area contributed by atoms with E-state index >= 15 is 0 Å². The van der Waals surface area contributed by atoms with Crippen LogP contribution in [0.3, 0.4) is 0 Å².